The molecule has 1 unspecified atom stereocenters. The van der Waals surface area contributed by atoms with Gasteiger partial charge in [-0.1, -0.05) is 19.1 Å². The first-order valence-corrected chi connectivity index (χ1v) is 7.27. The van der Waals surface area contributed by atoms with Crippen molar-refractivity contribution in [2.45, 2.75) is 25.8 Å². The summed E-state index contributed by atoms with van der Waals surface area (Å²) < 4.78 is 0. The van der Waals surface area contributed by atoms with Crippen molar-refractivity contribution in [3.8, 4) is 5.75 Å². The number of phenolic OH excluding ortho intramolecular Hbond substituents is 1. The zero-order chi connectivity index (χ0) is 12.8. The number of hydrogen-bond donors (Lipinski definition) is 2. The van der Waals surface area contributed by atoms with Gasteiger partial charge in [-0.05, 0) is 59.5 Å². The number of nitrogens with one attached hydrogen (secondary N) is 1. The maximum absolute atomic E-state index is 9.29. The van der Waals surface area contributed by atoms with Gasteiger partial charge in [0.1, 0.15) is 5.75 Å². The molecule has 1 heterocycles. The molecule has 1 atom stereocenters. The molecule has 0 fully saturated rings. The highest BCUT2D eigenvalue weighted by molar-refractivity contribution is 7.07. The van der Waals surface area contributed by atoms with Crippen molar-refractivity contribution in [1.82, 2.24) is 5.32 Å². The van der Waals surface area contributed by atoms with Gasteiger partial charge in [-0.25, -0.2) is 0 Å². The molecule has 2 nitrogen and oxygen atoms in total. The van der Waals surface area contributed by atoms with Crippen molar-refractivity contribution >= 4 is 11.3 Å². The van der Waals surface area contributed by atoms with Gasteiger partial charge in [0.25, 0.3) is 0 Å². The maximum Gasteiger partial charge on any atom is 0.115 e. The van der Waals surface area contributed by atoms with Gasteiger partial charge in [-0.3, -0.25) is 0 Å². The molecule has 0 radical (unpaired) electrons. The molecule has 0 saturated heterocycles. The highest BCUT2D eigenvalue weighted by Gasteiger charge is 2.08. The van der Waals surface area contributed by atoms with E-state index in [1.807, 2.05) is 12.1 Å². The Kier molecular flexibility index (Phi) is 4.79. The Morgan fingerprint density at radius 2 is 2.00 bits per heavy atom. The van der Waals surface area contributed by atoms with Gasteiger partial charge < -0.3 is 10.4 Å². The minimum atomic E-state index is 0.326. The van der Waals surface area contributed by atoms with E-state index in [2.05, 4.69) is 29.1 Å². The summed E-state index contributed by atoms with van der Waals surface area (Å²) in [6.07, 6.45) is 2.12. The van der Waals surface area contributed by atoms with Crippen molar-refractivity contribution in [3.63, 3.8) is 0 Å². The van der Waals surface area contributed by atoms with E-state index in [1.54, 1.807) is 23.5 Å². The maximum atomic E-state index is 9.29. The lowest BCUT2D eigenvalue weighted by Gasteiger charge is -2.17. The monoisotopic (exact) mass is 261 g/mol. The molecule has 3 heteroatoms. The summed E-state index contributed by atoms with van der Waals surface area (Å²) in [6.45, 7) is 3.16. The van der Waals surface area contributed by atoms with Crippen LogP contribution >= 0.6 is 11.3 Å². The SMILES string of the molecule is CCC(NCCc1ccsc1)c1ccc(O)cc1. The molecule has 1 aromatic heterocycles. The second-order valence-corrected chi connectivity index (χ2v) is 5.17. The van der Waals surface area contributed by atoms with E-state index < -0.39 is 0 Å². The van der Waals surface area contributed by atoms with Crippen LogP contribution in [0.15, 0.2) is 41.1 Å². The first kappa shape index (κ1) is 13.1. The van der Waals surface area contributed by atoms with E-state index >= 15 is 0 Å². The summed E-state index contributed by atoms with van der Waals surface area (Å²) in [7, 11) is 0. The molecule has 0 aliphatic heterocycles. The fourth-order valence-electron chi connectivity index (χ4n) is 2.03. The third kappa shape index (κ3) is 3.59. The van der Waals surface area contributed by atoms with Crippen molar-refractivity contribution in [1.29, 1.82) is 0 Å². The average molecular weight is 261 g/mol. The van der Waals surface area contributed by atoms with E-state index in [1.165, 1.54) is 11.1 Å². The Morgan fingerprint density at radius 1 is 1.22 bits per heavy atom. The predicted octanol–water partition coefficient (Wildman–Crippen LogP) is 3.74. The fourth-order valence-corrected chi connectivity index (χ4v) is 2.73. The van der Waals surface area contributed by atoms with Crippen LogP contribution < -0.4 is 5.32 Å². The minimum Gasteiger partial charge on any atom is -0.508 e. The zero-order valence-electron chi connectivity index (χ0n) is 10.6. The first-order chi connectivity index (χ1) is 8.79. The number of benzene rings is 1. The topological polar surface area (TPSA) is 32.3 Å². The van der Waals surface area contributed by atoms with E-state index in [0.717, 1.165) is 19.4 Å². The Morgan fingerprint density at radius 3 is 2.61 bits per heavy atom. The summed E-state index contributed by atoms with van der Waals surface area (Å²) in [5, 5.41) is 17.2. The molecule has 18 heavy (non-hydrogen) atoms. The summed E-state index contributed by atoms with van der Waals surface area (Å²) in [5.74, 6) is 0.326. The quantitative estimate of drug-likeness (QED) is 0.830. The van der Waals surface area contributed by atoms with Crippen LogP contribution in [0.5, 0.6) is 5.75 Å². The number of phenols is 1. The molecule has 0 spiro atoms. The van der Waals surface area contributed by atoms with Crippen LogP contribution in [0.1, 0.15) is 30.5 Å². The molecular weight excluding hydrogens is 242 g/mol. The van der Waals surface area contributed by atoms with Crippen LogP contribution in [0.3, 0.4) is 0 Å². The van der Waals surface area contributed by atoms with Gasteiger partial charge in [0.15, 0.2) is 0 Å². The van der Waals surface area contributed by atoms with E-state index in [-0.39, 0.29) is 0 Å². The average Bonchev–Trinajstić information content (AvgIpc) is 2.89. The normalized spacial score (nSPS) is 12.5. The number of rotatable bonds is 6. The van der Waals surface area contributed by atoms with E-state index in [9.17, 15) is 5.11 Å². The second-order valence-electron chi connectivity index (χ2n) is 4.39. The minimum absolute atomic E-state index is 0.326. The van der Waals surface area contributed by atoms with E-state index in [4.69, 9.17) is 0 Å². The van der Waals surface area contributed by atoms with Crippen molar-refractivity contribution in [2.75, 3.05) is 6.54 Å². The number of thiophene rings is 1. The largest absolute Gasteiger partial charge is 0.508 e. The van der Waals surface area contributed by atoms with Crippen LogP contribution in [0.4, 0.5) is 0 Å². The summed E-state index contributed by atoms with van der Waals surface area (Å²) in [5.41, 5.74) is 2.63. The van der Waals surface area contributed by atoms with Crippen molar-refractivity contribution < 1.29 is 5.11 Å². The van der Waals surface area contributed by atoms with Crippen molar-refractivity contribution in [3.05, 3.63) is 52.2 Å². The Labute approximate surface area is 112 Å². The van der Waals surface area contributed by atoms with Crippen LogP contribution in [0.2, 0.25) is 0 Å². The number of aromatic hydroxyl groups is 1. The highest BCUT2D eigenvalue weighted by atomic mass is 32.1. The van der Waals surface area contributed by atoms with Crippen LogP contribution in [0, 0.1) is 0 Å². The predicted molar refractivity (Wildman–Crippen MR) is 77.2 cm³/mol. The molecule has 0 saturated carbocycles. The molecule has 2 rings (SSSR count). The van der Waals surface area contributed by atoms with Gasteiger partial charge in [0.2, 0.25) is 0 Å². The summed E-state index contributed by atoms with van der Waals surface area (Å²) >= 11 is 1.75. The molecule has 0 bridgehead atoms. The molecule has 0 aliphatic rings. The van der Waals surface area contributed by atoms with E-state index in [0.29, 0.717) is 11.8 Å². The molecule has 2 aromatic rings. The van der Waals surface area contributed by atoms with Crippen molar-refractivity contribution in [2.24, 2.45) is 0 Å². The molecule has 96 valence electrons. The summed E-state index contributed by atoms with van der Waals surface area (Å²) in [4.78, 5) is 0. The van der Waals surface area contributed by atoms with Gasteiger partial charge in [-0.15, -0.1) is 0 Å². The molecule has 2 N–H and O–H groups in total. The van der Waals surface area contributed by atoms with Crippen LogP contribution in [-0.4, -0.2) is 11.7 Å². The molecule has 0 amide bonds. The third-order valence-corrected chi connectivity index (χ3v) is 3.82. The van der Waals surface area contributed by atoms with Gasteiger partial charge >= 0.3 is 0 Å². The fraction of sp³-hybridized carbons (Fsp3) is 0.333. The molecule has 1 aromatic carbocycles. The lowest BCUT2D eigenvalue weighted by Crippen LogP contribution is -2.23. The Balaban J connectivity index is 1.87. The lowest BCUT2D eigenvalue weighted by molar-refractivity contribution is 0.473. The standard InChI is InChI=1S/C15H19NOS/c1-2-15(13-3-5-14(17)6-4-13)16-9-7-12-8-10-18-11-12/h3-6,8,10-11,15-17H,2,7,9H2,1H3. The molecule has 0 aliphatic carbocycles. The van der Waals surface area contributed by atoms with Gasteiger partial charge in [-0.2, -0.15) is 11.3 Å². The number of hydrogen-bond acceptors (Lipinski definition) is 3. The van der Waals surface area contributed by atoms with Crippen LogP contribution in [0.25, 0.3) is 0 Å². The van der Waals surface area contributed by atoms with Crippen LogP contribution in [-0.2, 0) is 6.42 Å². The zero-order valence-corrected chi connectivity index (χ0v) is 11.4. The third-order valence-electron chi connectivity index (χ3n) is 3.09. The van der Waals surface area contributed by atoms with Gasteiger partial charge in [0.05, 0.1) is 0 Å². The highest BCUT2D eigenvalue weighted by Crippen LogP contribution is 2.19. The Bertz CT molecular complexity index is 450. The second kappa shape index (κ2) is 6.57. The Hall–Kier alpha value is -1.32. The molecular formula is C15H19NOS. The lowest BCUT2D eigenvalue weighted by atomic mass is 10.0. The summed E-state index contributed by atoms with van der Waals surface area (Å²) in [6, 6.07) is 10.0. The first-order valence-electron chi connectivity index (χ1n) is 6.33. The van der Waals surface area contributed by atoms with Gasteiger partial charge in [0, 0.05) is 6.04 Å². The smallest absolute Gasteiger partial charge is 0.115 e.